The molecular weight excluding hydrogens is 218 g/mol. The smallest absolute Gasteiger partial charge is 0.226 e. The van der Waals surface area contributed by atoms with E-state index in [1.165, 1.54) is 6.07 Å². The first kappa shape index (κ1) is 12.2. The minimum absolute atomic E-state index is 0.0868. The summed E-state index contributed by atoms with van der Waals surface area (Å²) in [5.74, 6) is 0.258. The highest BCUT2D eigenvalue weighted by Gasteiger charge is 2.52. The van der Waals surface area contributed by atoms with Crippen LogP contribution in [-0.4, -0.2) is 22.1 Å². The first-order chi connectivity index (χ1) is 7.74. The Kier molecular flexibility index (Phi) is 2.58. The van der Waals surface area contributed by atoms with Crippen LogP contribution >= 0.6 is 0 Å². The fourth-order valence-corrected chi connectivity index (χ4v) is 2.17. The van der Waals surface area contributed by atoms with Crippen molar-refractivity contribution in [1.82, 2.24) is 4.90 Å². The molecule has 0 atom stereocenters. The topological polar surface area (TPSA) is 53.7 Å². The second-order valence-electron chi connectivity index (χ2n) is 5.89. The van der Waals surface area contributed by atoms with Crippen molar-refractivity contribution < 1.29 is 9.52 Å². The molecule has 0 aliphatic carbocycles. The average molecular weight is 237 g/mol. The Morgan fingerprint density at radius 1 is 1.41 bits per heavy atom. The highest BCUT2D eigenvalue weighted by atomic mass is 16.4. The molecule has 0 unspecified atom stereocenters. The molecule has 2 heterocycles. The van der Waals surface area contributed by atoms with E-state index in [-0.39, 0.29) is 22.1 Å². The van der Waals surface area contributed by atoms with Crippen molar-refractivity contribution in [3.63, 3.8) is 0 Å². The SMILES string of the molecule is CC1(C)CN(Cc2cc(=O)c(O)co2)C1(C)C. The van der Waals surface area contributed by atoms with E-state index in [4.69, 9.17) is 9.52 Å². The van der Waals surface area contributed by atoms with E-state index in [1.54, 1.807) is 0 Å². The first-order valence-electron chi connectivity index (χ1n) is 5.80. The number of likely N-dealkylation sites (tertiary alicyclic amines) is 1. The van der Waals surface area contributed by atoms with Crippen molar-refractivity contribution in [2.45, 2.75) is 39.8 Å². The summed E-state index contributed by atoms with van der Waals surface area (Å²) in [5.41, 5.74) is -0.0305. The second-order valence-corrected chi connectivity index (χ2v) is 5.89. The molecule has 2 rings (SSSR count). The number of hydrogen-bond acceptors (Lipinski definition) is 4. The van der Waals surface area contributed by atoms with E-state index in [2.05, 4.69) is 32.6 Å². The van der Waals surface area contributed by atoms with Gasteiger partial charge in [0.25, 0.3) is 0 Å². The van der Waals surface area contributed by atoms with Crippen LogP contribution < -0.4 is 5.43 Å². The summed E-state index contributed by atoms with van der Waals surface area (Å²) in [6.07, 6.45) is 1.11. The third-order valence-electron chi connectivity index (χ3n) is 4.25. The van der Waals surface area contributed by atoms with Gasteiger partial charge in [0.1, 0.15) is 12.0 Å². The summed E-state index contributed by atoms with van der Waals surface area (Å²) in [5, 5.41) is 9.11. The summed E-state index contributed by atoms with van der Waals surface area (Å²) in [7, 11) is 0. The molecule has 4 heteroatoms. The lowest BCUT2D eigenvalue weighted by atomic mass is 9.65. The molecule has 1 aromatic rings. The average Bonchev–Trinajstić information content (AvgIpc) is 2.22. The molecule has 94 valence electrons. The number of nitrogens with zero attached hydrogens (tertiary/aromatic N) is 1. The van der Waals surface area contributed by atoms with E-state index < -0.39 is 0 Å². The molecule has 1 aliphatic heterocycles. The van der Waals surface area contributed by atoms with Crippen LogP contribution in [0.15, 0.2) is 21.5 Å². The summed E-state index contributed by atoms with van der Waals surface area (Å²) >= 11 is 0. The van der Waals surface area contributed by atoms with Crippen LogP contribution in [0, 0.1) is 5.41 Å². The van der Waals surface area contributed by atoms with E-state index in [9.17, 15) is 4.79 Å². The van der Waals surface area contributed by atoms with E-state index in [1.807, 2.05) is 0 Å². The predicted molar refractivity (Wildman–Crippen MR) is 64.9 cm³/mol. The third kappa shape index (κ3) is 1.86. The van der Waals surface area contributed by atoms with Crippen molar-refractivity contribution in [2.75, 3.05) is 6.54 Å². The van der Waals surface area contributed by atoms with Crippen LogP contribution in [0.4, 0.5) is 0 Å². The van der Waals surface area contributed by atoms with Crippen molar-refractivity contribution in [1.29, 1.82) is 0 Å². The van der Waals surface area contributed by atoms with Gasteiger partial charge in [0.05, 0.1) is 6.54 Å². The Morgan fingerprint density at radius 2 is 2.06 bits per heavy atom. The van der Waals surface area contributed by atoms with E-state index in [0.717, 1.165) is 12.8 Å². The van der Waals surface area contributed by atoms with Crippen LogP contribution in [-0.2, 0) is 6.54 Å². The molecule has 1 saturated heterocycles. The zero-order chi connectivity index (χ0) is 12.8. The van der Waals surface area contributed by atoms with Crippen LogP contribution in [0.3, 0.4) is 0 Å². The fourth-order valence-electron chi connectivity index (χ4n) is 2.17. The predicted octanol–water partition coefficient (Wildman–Crippen LogP) is 1.97. The first-order valence-corrected chi connectivity index (χ1v) is 5.80. The third-order valence-corrected chi connectivity index (χ3v) is 4.25. The van der Waals surface area contributed by atoms with Crippen LogP contribution in [0.5, 0.6) is 5.75 Å². The minimum Gasteiger partial charge on any atom is -0.502 e. The molecule has 0 aromatic carbocycles. The van der Waals surface area contributed by atoms with Gasteiger partial charge in [-0.15, -0.1) is 0 Å². The van der Waals surface area contributed by atoms with Gasteiger partial charge in [-0.25, -0.2) is 0 Å². The van der Waals surface area contributed by atoms with Gasteiger partial charge in [0.15, 0.2) is 5.75 Å². The maximum atomic E-state index is 11.3. The number of hydrogen-bond donors (Lipinski definition) is 1. The molecule has 1 fully saturated rings. The minimum atomic E-state index is -0.385. The Morgan fingerprint density at radius 3 is 2.53 bits per heavy atom. The van der Waals surface area contributed by atoms with Gasteiger partial charge >= 0.3 is 0 Å². The maximum Gasteiger partial charge on any atom is 0.226 e. The molecule has 1 aliphatic rings. The lowest BCUT2D eigenvalue weighted by Gasteiger charge is -2.61. The lowest BCUT2D eigenvalue weighted by molar-refractivity contribution is -0.125. The molecule has 1 aromatic heterocycles. The Labute approximate surface area is 101 Å². The number of rotatable bonds is 2. The van der Waals surface area contributed by atoms with Gasteiger partial charge in [-0.2, -0.15) is 0 Å². The molecule has 4 nitrogen and oxygen atoms in total. The van der Waals surface area contributed by atoms with Gasteiger partial charge < -0.3 is 9.52 Å². The monoisotopic (exact) mass is 237 g/mol. The van der Waals surface area contributed by atoms with Crippen LogP contribution in [0.1, 0.15) is 33.5 Å². The van der Waals surface area contributed by atoms with Crippen LogP contribution in [0.2, 0.25) is 0 Å². The van der Waals surface area contributed by atoms with Crippen LogP contribution in [0.25, 0.3) is 0 Å². The molecule has 0 saturated carbocycles. The summed E-state index contributed by atoms with van der Waals surface area (Å²) < 4.78 is 5.22. The van der Waals surface area contributed by atoms with E-state index >= 15 is 0 Å². The normalized spacial score (nSPS) is 22.1. The molecule has 17 heavy (non-hydrogen) atoms. The molecule has 0 spiro atoms. The van der Waals surface area contributed by atoms with Gasteiger partial charge in [-0.05, 0) is 19.3 Å². The molecule has 0 bridgehead atoms. The largest absolute Gasteiger partial charge is 0.502 e. The standard InChI is InChI=1S/C13H19NO3/c1-12(2)8-14(13(12,3)4)6-9-5-10(15)11(16)7-17-9/h5,7,16H,6,8H2,1-4H3. The summed E-state index contributed by atoms with van der Waals surface area (Å²) in [4.78, 5) is 13.6. The van der Waals surface area contributed by atoms with Crippen molar-refractivity contribution in [3.05, 3.63) is 28.3 Å². The Bertz CT molecular complexity index is 488. The second kappa shape index (κ2) is 3.60. The van der Waals surface area contributed by atoms with Gasteiger partial charge in [-0.3, -0.25) is 9.69 Å². The highest BCUT2D eigenvalue weighted by molar-refractivity contribution is 5.16. The zero-order valence-corrected chi connectivity index (χ0v) is 10.8. The van der Waals surface area contributed by atoms with Crippen molar-refractivity contribution >= 4 is 0 Å². The zero-order valence-electron chi connectivity index (χ0n) is 10.8. The highest BCUT2D eigenvalue weighted by Crippen LogP contribution is 2.46. The van der Waals surface area contributed by atoms with Crippen molar-refractivity contribution in [2.24, 2.45) is 5.41 Å². The quantitative estimate of drug-likeness (QED) is 0.854. The number of aromatic hydroxyl groups is 1. The Balaban J connectivity index is 2.14. The van der Waals surface area contributed by atoms with Gasteiger partial charge in [0.2, 0.25) is 5.43 Å². The molecule has 1 N–H and O–H groups in total. The fraction of sp³-hybridized carbons (Fsp3) is 0.615. The maximum absolute atomic E-state index is 11.3. The van der Waals surface area contributed by atoms with Gasteiger partial charge in [0, 0.05) is 18.2 Å². The van der Waals surface area contributed by atoms with Crippen molar-refractivity contribution in [3.8, 4) is 5.75 Å². The Hall–Kier alpha value is -1.29. The lowest BCUT2D eigenvalue weighted by Crippen LogP contribution is -2.68. The summed E-state index contributed by atoms with van der Waals surface area (Å²) in [6.45, 7) is 10.4. The molecular formula is C13H19NO3. The van der Waals surface area contributed by atoms with E-state index in [0.29, 0.717) is 12.3 Å². The molecule has 0 radical (unpaired) electrons. The molecule has 0 amide bonds. The van der Waals surface area contributed by atoms with Gasteiger partial charge in [-0.1, -0.05) is 13.8 Å². The summed E-state index contributed by atoms with van der Waals surface area (Å²) in [6, 6.07) is 1.36.